The molecule has 0 aromatic carbocycles. The first-order valence-electron chi connectivity index (χ1n) is 5.00. The van der Waals surface area contributed by atoms with Crippen molar-refractivity contribution in [3.8, 4) is 0 Å². The Morgan fingerprint density at radius 2 is 1.85 bits per heavy atom. The summed E-state index contributed by atoms with van der Waals surface area (Å²) in [5.74, 6) is 0.595. The monoisotopic (exact) mass is 186 g/mol. The molecule has 0 bridgehead atoms. The van der Waals surface area contributed by atoms with E-state index in [4.69, 9.17) is 0 Å². The lowest BCUT2D eigenvalue weighted by Gasteiger charge is -2.36. The normalized spacial score (nSPS) is 30.8. The van der Waals surface area contributed by atoms with Crippen molar-refractivity contribution < 1.29 is 9.18 Å². The summed E-state index contributed by atoms with van der Waals surface area (Å²) < 4.78 is 12.6. The number of carbonyl (C=O) groups excluding carboxylic acids is 1. The fourth-order valence-electron chi connectivity index (χ4n) is 1.89. The smallest absolute Gasteiger partial charge is 0.141 e. The summed E-state index contributed by atoms with van der Waals surface area (Å²) in [6.45, 7) is 7.72. The van der Waals surface area contributed by atoms with Crippen molar-refractivity contribution in [2.24, 2.45) is 17.3 Å². The van der Waals surface area contributed by atoms with E-state index in [1.54, 1.807) is 0 Å². The highest BCUT2D eigenvalue weighted by molar-refractivity contribution is 5.86. The van der Waals surface area contributed by atoms with E-state index in [-0.39, 0.29) is 17.1 Å². The fourth-order valence-corrected chi connectivity index (χ4v) is 1.89. The number of ketones is 1. The molecular formula is C11H19FO. The third kappa shape index (κ3) is 2.29. The second kappa shape index (κ2) is 3.39. The minimum absolute atomic E-state index is 0.0343. The number of hydrogen-bond donors (Lipinski definition) is 0. The highest BCUT2D eigenvalue weighted by Gasteiger charge is 2.39. The van der Waals surface area contributed by atoms with Crippen LogP contribution in [0.4, 0.5) is 4.39 Å². The Bertz CT molecular complexity index is 199. The maximum atomic E-state index is 12.6. The predicted octanol–water partition coefficient (Wildman–Crippen LogP) is 2.99. The molecule has 1 fully saturated rings. The van der Waals surface area contributed by atoms with Gasteiger partial charge >= 0.3 is 0 Å². The molecule has 0 radical (unpaired) electrons. The third-order valence-corrected chi connectivity index (χ3v) is 2.98. The van der Waals surface area contributed by atoms with Crippen LogP contribution >= 0.6 is 0 Å². The van der Waals surface area contributed by atoms with Crippen molar-refractivity contribution in [1.82, 2.24) is 0 Å². The first-order valence-corrected chi connectivity index (χ1v) is 5.00. The lowest BCUT2D eigenvalue weighted by Crippen LogP contribution is -2.38. The average Bonchev–Trinajstić information content (AvgIpc) is 1.94. The molecule has 0 aromatic rings. The average molecular weight is 186 g/mol. The SMILES string of the molecule is CC(C(=O)C(C)(C)C)C1CC(F)C1. The van der Waals surface area contributed by atoms with Crippen molar-refractivity contribution in [3.05, 3.63) is 0 Å². The number of alkyl halides is 1. The Morgan fingerprint density at radius 1 is 1.38 bits per heavy atom. The fraction of sp³-hybridized carbons (Fsp3) is 0.909. The predicted molar refractivity (Wildman–Crippen MR) is 51.2 cm³/mol. The van der Waals surface area contributed by atoms with Crippen LogP contribution in [0.1, 0.15) is 40.5 Å². The molecule has 0 saturated heterocycles. The number of rotatable bonds is 2. The molecule has 1 nitrogen and oxygen atoms in total. The second-order valence-electron chi connectivity index (χ2n) is 5.23. The zero-order valence-corrected chi connectivity index (χ0v) is 8.93. The molecule has 0 heterocycles. The van der Waals surface area contributed by atoms with Crippen LogP contribution in [0.25, 0.3) is 0 Å². The van der Waals surface area contributed by atoms with Gasteiger partial charge in [0.1, 0.15) is 12.0 Å². The van der Waals surface area contributed by atoms with E-state index in [1.807, 2.05) is 27.7 Å². The third-order valence-electron chi connectivity index (χ3n) is 2.98. The van der Waals surface area contributed by atoms with Gasteiger partial charge in [-0.05, 0) is 18.8 Å². The second-order valence-corrected chi connectivity index (χ2v) is 5.23. The van der Waals surface area contributed by atoms with Crippen LogP contribution in [0.15, 0.2) is 0 Å². The molecule has 1 unspecified atom stereocenters. The van der Waals surface area contributed by atoms with E-state index in [1.165, 1.54) is 0 Å². The van der Waals surface area contributed by atoms with Gasteiger partial charge in [-0.2, -0.15) is 0 Å². The van der Waals surface area contributed by atoms with Gasteiger partial charge in [0.05, 0.1) is 0 Å². The van der Waals surface area contributed by atoms with Crippen LogP contribution in [0, 0.1) is 17.3 Å². The van der Waals surface area contributed by atoms with Crippen LogP contribution in [0.5, 0.6) is 0 Å². The van der Waals surface area contributed by atoms with Gasteiger partial charge in [0.15, 0.2) is 0 Å². The first kappa shape index (κ1) is 10.7. The molecule has 1 aliphatic rings. The molecule has 2 heteroatoms. The van der Waals surface area contributed by atoms with E-state index in [9.17, 15) is 9.18 Å². The number of Topliss-reactive ketones (excluding diaryl/α,β-unsaturated/α-hetero) is 1. The summed E-state index contributed by atoms with van der Waals surface area (Å²) >= 11 is 0. The van der Waals surface area contributed by atoms with E-state index in [2.05, 4.69) is 0 Å². The van der Waals surface area contributed by atoms with Crippen molar-refractivity contribution in [3.63, 3.8) is 0 Å². The van der Waals surface area contributed by atoms with Crippen LogP contribution in [0.3, 0.4) is 0 Å². The van der Waals surface area contributed by atoms with Crippen LogP contribution in [-0.4, -0.2) is 12.0 Å². The summed E-state index contributed by atoms with van der Waals surface area (Å²) in [5, 5.41) is 0. The van der Waals surface area contributed by atoms with E-state index >= 15 is 0 Å². The Morgan fingerprint density at radius 3 is 2.15 bits per heavy atom. The Labute approximate surface area is 79.7 Å². The Balaban J connectivity index is 2.49. The van der Waals surface area contributed by atoms with Crippen LogP contribution in [0.2, 0.25) is 0 Å². The number of hydrogen-bond acceptors (Lipinski definition) is 1. The highest BCUT2D eigenvalue weighted by atomic mass is 19.1. The molecular weight excluding hydrogens is 167 g/mol. The molecule has 1 aliphatic carbocycles. The summed E-state index contributed by atoms with van der Waals surface area (Å²) in [4.78, 5) is 11.8. The van der Waals surface area contributed by atoms with Gasteiger partial charge in [0.25, 0.3) is 0 Å². The molecule has 76 valence electrons. The molecule has 0 aliphatic heterocycles. The van der Waals surface area contributed by atoms with Crippen LogP contribution in [-0.2, 0) is 4.79 Å². The quantitative estimate of drug-likeness (QED) is 0.648. The van der Waals surface area contributed by atoms with Crippen LogP contribution < -0.4 is 0 Å². The van der Waals surface area contributed by atoms with Crippen molar-refractivity contribution in [2.45, 2.75) is 46.7 Å². The van der Waals surface area contributed by atoms with Gasteiger partial charge in [0.2, 0.25) is 0 Å². The summed E-state index contributed by atoms with van der Waals surface area (Å²) in [6, 6.07) is 0. The van der Waals surface area contributed by atoms with Crippen molar-refractivity contribution in [2.75, 3.05) is 0 Å². The number of carbonyl (C=O) groups is 1. The minimum Gasteiger partial charge on any atom is -0.299 e. The van der Waals surface area contributed by atoms with Gasteiger partial charge in [-0.25, -0.2) is 4.39 Å². The molecule has 13 heavy (non-hydrogen) atoms. The standard InChI is InChI=1S/C11H19FO/c1-7(8-5-9(12)6-8)10(13)11(2,3)4/h7-9H,5-6H2,1-4H3. The van der Waals surface area contributed by atoms with Crippen molar-refractivity contribution in [1.29, 1.82) is 0 Å². The van der Waals surface area contributed by atoms with E-state index in [0.717, 1.165) is 0 Å². The maximum absolute atomic E-state index is 12.6. The lowest BCUT2D eigenvalue weighted by molar-refractivity contribution is -0.133. The topological polar surface area (TPSA) is 17.1 Å². The van der Waals surface area contributed by atoms with Crippen molar-refractivity contribution >= 4 is 5.78 Å². The van der Waals surface area contributed by atoms with Gasteiger partial charge in [-0.15, -0.1) is 0 Å². The lowest BCUT2D eigenvalue weighted by atomic mass is 9.69. The van der Waals surface area contributed by atoms with Gasteiger partial charge in [-0.3, -0.25) is 4.79 Å². The van der Waals surface area contributed by atoms with E-state index in [0.29, 0.717) is 18.8 Å². The van der Waals surface area contributed by atoms with Gasteiger partial charge in [-0.1, -0.05) is 27.7 Å². The largest absolute Gasteiger partial charge is 0.299 e. The summed E-state index contributed by atoms with van der Waals surface area (Å²) in [6.07, 6.45) is 0.520. The molecule has 0 amide bonds. The summed E-state index contributed by atoms with van der Waals surface area (Å²) in [5.41, 5.74) is -0.277. The molecule has 1 saturated carbocycles. The number of halogens is 1. The van der Waals surface area contributed by atoms with E-state index < -0.39 is 6.17 Å². The molecule has 1 atom stereocenters. The zero-order valence-electron chi connectivity index (χ0n) is 8.93. The molecule has 0 N–H and O–H groups in total. The molecule has 0 spiro atoms. The zero-order chi connectivity index (χ0) is 10.2. The molecule has 0 aromatic heterocycles. The van der Waals surface area contributed by atoms with Gasteiger partial charge < -0.3 is 0 Å². The first-order chi connectivity index (χ1) is 5.82. The maximum Gasteiger partial charge on any atom is 0.141 e. The van der Waals surface area contributed by atoms with Gasteiger partial charge in [0, 0.05) is 11.3 Å². The summed E-state index contributed by atoms with van der Waals surface area (Å²) in [7, 11) is 0. The Hall–Kier alpha value is -0.400. The Kier molecular flexibility index (Phi) is 2.79. The highest BCUT2D eigenvalue weighted by Crippen LogP contribution is 2.38. The minimum atomic E-state index is -0.653. The molecule has 1 rings (SSSR count).